The Morgan fingerprint density at radius 1 is 0.758 bits per heavy atom. The minimum Gasteiger partial charge on any atom is -0.494 e. The van der Waals surface area contributed by atoms with E-state index in [1.807, 2.05) is 60.7 Å². The summed E-state index contributed by atoms with van der Waals surface area (Å²) in [6, 6.07) is 27.9. The zero-order chi connectivity index (χ0) is 23.0. The Balaban J connectivity index is 1.40. The molecule has 166 valence electrons. The zero-order valence-electron chi connectivity index (χ0n) is 19.0. The fourth-order valence-corrected chi connectivity index (χ4v) is 4.02. The number of aryl methyl sites for hydroxylation is 4. The molecule has 0 aliphatic carbocycles. The maximum Gasteiger partial charge on any atom is 0.134 e. The topological polar surface area (TPSA) is 33.0 Å². The second-order valence-corrected chi connectivity index (χ2v) is 8.40. The van der Waals surface area contributed by atoms with Gasteiger partial charge >= 0.3 is 0 Å². The van der Waals surface area contributed by atoms with E-state index >= 15 is 4.39 Å². The van der Waals surface area contributed by atoms with E-state index in [2.05, 4.69) is 31.2 Å². The summed E-state index contributed by atoms with van der Waals surface area (Å²) in [5.41, 5.74) is 4.95. The van der Waals surface area contributed by atoms with Crippen LogP contribution in [-0.2, 0) is 25.7 Å². The minimum atomic E-state index is -0.129. The van der Waals surface area contributed by atoms with E-state index < -0.39 is 0 Å². The normalized spacial score (nSPS) is 10.8. The van der Waals surface area contributed by atoms with E-state index in [1.165, 1.54) is 11.1 Å². The van der Waals surface area contributed by atoms with Crippen molar-refractivity contribution in [2.75, 3.05) is 6.61 Å². The Morgan fingerprint density at radius 3 is 2.09 bits per heavy atom. The fraction of sp³-hybridized carbons (Fsp3) is 0.233. The predicted molar refractivity (Wildman–Crippen MR) is 132 cm³/mol. The first kappa shape index (κ1) is 22.6. The van der Waals surface area contributed by atoms with Gasteiger partial charge in [0.2, 0.25) is 0 Å². The third kappa shape index (κ3) is 5.79. The van der Waals surface area contributed by atoms with Crippen LogP contribution < -0.4 is 4.74 Å². The van der Waals surface area contributed by atoms with E-state index in [-0.39, 0.29) is 5.82 Å². The standard InChI is InChI=1S/C30H28FNO/c1-2-19-33-28-16-10-23(11-17-28)3-6-24-12-18-29-27(20-24)15-14-26(30(29)31)13-9-22-4-7-25(21-32)8-5-22/h4-5,7-8,10-12,14-18,20H,2-3,6,9,13,19H2,1H3. The molecule has 4 aromatic carbocycles. The van der Waals surface area contributed by atoms with Gasteiger partial charge in [-0.1, -0.05) is 61.5 Å². The molecule has 0 saturated carbocycles. The lowest BCUT2D eigenvalue weighted by Crippen LogP contribution is -1.97. The number of ether oxygens (including phenoxy) is 1. The summed E-state index contributed by atoms with van der Waals surface area (Å²) in [7, 11) is 0. The molecule has 2 nitrogen and oxygen atoms in total. The molecule has 0 aliphatic rings. The van der Waals surface area contributed by atoms with Crippen LogP contribution in [0.15, 0.2) is 78.9 Å². The molecule has 0 N–H and O–H groups in total. The molecule has 0 aliphatic heterocycles. The second-order valence-electron chi connectivity index (χ2n) is 8.40. The van der Waals surface area contributed by atoms with Gasteiger partial charge in [0.05, 0.1) is 18.2 Å². The molecule has 0 radical (unpaired) electrons. The Labute approximate surface area is 195 Å². The van der Waals surface area contributed by atoms with E-state index in [0.717, 1.165) is 54.6 Å². The number of hydrogen-bond donors (Lipinski definition) is 0. The third-order valence-electron chi connectivity index (χ3n) is 5.96. The summed E-state index contributed by atoms with van der Waals surface area (Å²) in [5.74, 6) is 0.784. The first-order valence-corrected chi connectivity index (χ1v) is 11.6. The van der Waals surface area contributed by atoms with Crippen LogP contribution in [0.1, 0.15) is 41.2 Å². The van der Waals surface area contributed by atoms with Crippen LogP contribution in [0.3, 0.4) is 0 Å². The monoisotopic (exact) mass is 437 g/mol. The molecule has 0 saturated heterocycles. The first-order chi connectivity index (χ1) is 16.2. The molecule has 0 aromatic heterocycles. The summed E-state index contributed by atoms with van der Waals surface area (Å²) in [6.07, 6.45) is 4.22. The van der Waals surface area contributed by atoms with Crippen LogP contribution in [0.25, 0.3) is 10.8 Å². The Kier molecular flexibility index (Phi) is 7.37. The van der Waals surface area contributed by atoms with Crippen molar-refractivity contribution in [1.82, 2.24) is 0 Å². The molecular weight excluding hydrogens is 409 g/mol. The van der Waals surface area contributed by atoms with Crippen molar-refractivity contribution in [2.24, 2.45) is 0 Å². The molecule has 3 heteroatoms. The zero-order valence-corrected chi connectivity index (χ0v) is 19.0. The molecule has 0 fully saturated rings. The maximum atomic E-state index is 15.1. The highest BCUT2D eigenvalue weighted by molar-refractivity contribution is 5.84. The highest BCUT2D eigenvalue weighted by atomic mass is 19.1. The maximum absolute atomic E-state index is 15.1. The molecule has 0 spiro atoms. The number of benzene rings is 4. The number of nitrogens with zero attached hydrogens (tertiary/aromatic N) is 1. The number of rotatable bonds is 9. The van der Waals surface area contributed by atoms with E-state index in [4.69, 9.17) is 10.00 Å². The fourth-order valence-electron chi connectivity index (χ4n) is 4.02. The molecule has 4 rings (SSSR count). The van der Waals surface area contributed by atoms with Gasteiger partial charge in [0.1, 0.15) is 11.6 Å². The van der Waals surface area contributed by atoms with Crippen LogP contribution in [0.2, 0.25) is 0 Å². The average Bonchev–Trinajstić information content (AvgIpc) is 2.86. The number of fused-ring (bicyclic) bond motifs is 1. The number of hydrogen-bond acceptors (Lipinski definition) is 2. The van der Waals surface area contributed by atoms with Gasteiger partial charge in [-0.25, -0.2) is 4.39 Å². The molecule has 4 aromatic rings. The number of nitriles is 1. The average molecular weight is 438 g/mol. The predicted octanol–water partition coefficient (Wildman–Crippen LogP) is 7.21. The molecular formula is C30H28FNO. The van der Waals surface area contributed by atoms with Crippen LogP contribution in [0, 0.1) is 17.1 Å². The van der Waals surface area contributed by atoms with Crippen molar-refractivity contribution >= 4 is 10.8 Å². The third-order valence-corrected chi connectivity index (χ3v) is 5.96. The lowest BCUT2D eigenvalue weighted by atomic mass is 9.97. The SMILES string of the molecule is CCCOc1ccc(CCc2ccc3c(F)c(CCc4ccc(C#N)cc4)ccc3c2)cc1. The van der Waals surface area contributed by atoms with Crippen LogP contribution >= 0.6 is 0 Å². The van der Waals surface area contributed by atoms with Crippen LogP contribution in [0.4, 0.5) is 4.39 Å². The van der Waals surface area contributed by atoms with Gasteiger partial charge in [0, 0.05) is 5.39 Å². The lowest BCUT2D eigenvalue weighted by molar-refractivity contribution is 0.317. The summed E-state index contributed by atoms with van der Waals surface area (Å²) in [4.78, 5) is 0. The van der Waals surface area contributed by atoms with Crippen molar-refractivity contribution < 1.29 is 9.13 Å². The Morgan fingerprint density at radius 2 is 1.39 bits per heavy atom. The highest BCUT2D eigenvalue weighted by Crippen LogP contribution is 2.24. The van der Waals surface area contributed by atoms with Gasteiger partial charge in [-0.05, 0) is 84.0 Å². The van der Waals surface area contributed by atoms with Gasteiger partial charge in [-0.2, -0.15) is 5.26 Å². The molecule has 0 bridgehead atoms. The quantitative estimate of drug-likeness (QED) is 0.277. The Bertz CT molecular complexity index is 1250. The van der Waals surface area contributed by atoms with Crippen molar-refractivity contribution in [1.29, 1.82) is 5.26 Å². The molecule has 0 heterocycles. The van der Waals surface area contributed by atoms with Crippen molar-refractivity contribution in [2.45, 2.75) is 39.0 Å². The molecule has 33 heavy (non-hydrogen) atoms. The highest BCUT2D eigenvalue weighted by Gasteiger charge is 2.09. The van der Waals surface area contributed by atoms with E-state index in [1.54, 1.807) is 0 Å². The largest absolute Gasteiger partial charge is 0.494 e. The van der Waals surface area contributed by atoms with Crippen molar-refractivity contribution in [3.05, 3.63) is 112 Å². The van der Waals surface area contributed by atoms with Crippen molar-refractivity contribution in [3.8, 4) is 11.8 Å². The molecule has 0 unspecified atom stereocenters. The second kappa shape index (κ2) is 10.8. The first-order valence-electron chi connectivity index (χ1n) is 11.6. The van der Waals surface area contributed by atoms with Crippen LogP contribution in [-0.4, -0.2) is 6.61 Å². The smallest absolute Gasteiger partial charge is 0.134 e. The minimum absolute atomic E-state index is 0.129. The summed E-state index contributed by atoms with van der Waals surface area (Å²) in [5, 5.41) is 10.5. The van der Waals surface area contributed by atoms with Crippen molar-refractivity contribution in [3.63, 3.8) is 0 Å². The van der Waals surface area contributed by atoms with Crippen LogP contribution in [0.5, 0.6) is 5.75 Å². The van der Waals surface area contributed by atoms with Gasteiger partial charge in [0.25, 0.3) is 0 Å². The van der Waals surface area contributed by atoms with E-state index in [9.17, 15) is 0 Å². The van der Waals surface area contributed by atoms with E-state index in [0.29, 0.717) is 17.4 Å². The summed E-state index contributed by atoms with van der Waals surface area (Å²) in [6.45, 7) is 2.84. The Hall–Kier alpha value is -3.64. The summed E-state index contributed by atoms with van der Waals surface area (Å²) >= 11 is 0. The van der Waals surface area contributed by atoms with Gasteiger partial charge in [-0.3, -0.25) is 0 Å². The number of halogens is 1. The molecule has 0 amide bonds. The van der Waals surface area contributed by atoms with Gasteiger partial charge < -0.3 is 4.74 Å². The lowest BCUT2D eigenvalue weighted by Gasteiger charge is -2.10. The van der Waals surface area contributed by atoms with Gasteiger partial charge in [0.15, 0.2) is 0 Å². The summed E-state index contributed by atoms with van der Waals surface area (Å²) < 4.78 is 20.8. The van der Waals surface area contributed by atoms with Gasteiger partial charge in [-0.15, -0.1) is 0 Å². The molecule has 0 atom stereocenters.